The summed E-state index contributed by atoms with van der Waals surface area (Å²) in [5.74, 6) is 0.406. The first-order valence-electron chi connectivity index (χ1n) is 5.83. The average Bonchev–Trinajstić information content (AvgIpc) is 2.32. The van der Waals surface area contributed by atoms with Crippen molar-refractivity contribution in [1.82, 2.24) is 0 Å². The summed E-state index contributed by atoms with van der Waals surface area (Å²) >= 11 is 0. The number of carbonyl (C=O) groups excluding carboxylic acids is 1. The van der Waals surface area contributed by atoms with Crippen LogP contribution in [0.3, 0.4) is 0 Å². The number of hydrogen-bond acceptors (Lipinski definition) is 1. The lowest BCUT2D eigenvalue weighted by molar-refractivity contribution is -0.118. The summed E-state index contributed by atoms with van der Waals surface area (Å²) in [6.45, 7) is 4.07. The molecule has 1 rings (SSSR count). The van der Waals surface area contributed by atoms with Gasteiger partial charge in [-0.3, -0.25) is 4.79 Å². The van der Waals surface area contributed by atoms with Gasteiger partial charge in [-0.05, 0) is 6.42 Å². The Labute approximate surface area is 93.5 Å². The minimum Gasteiger partial charge on any atom is -0.300 e. The average molecular weight is 206 g/mol. The number of Topliss-reactive ketones (excluding diaryl/α,β-unsaturated/α-hetero) is 1. The van der Waals surface area contributed by atoms with Crippen molar-refractivity contribution in [1.29, 1.82) is 0 Å². The molecule has 0 aliphatic rings. The second-order valence-electron chi connectivity index (χ2n) is 3.50. The van der Waals surface area contributed by atoms with E-state index >= 15 is 0 Å². The predicted molar refractivity (Wildman–Crippen MR) is 65.9 cm³/mol. The first-order chi connectivity index (χ1) is 7.31. The fraction of sp³-hybridized carbons (Fsp3) is 0.500. The van der Waals surface area contributed by atoms with Gasteiger partial charge in [0, 0.05) is 12.8 Å². The number of ketones is 1. The molecule has 0 aromatic heterocycles. The standard InChI is InChI=1S/C8H16O.C6H6/c1-3-5-6-7-8(9)4-2;1-2-4-6-5-3-1/h3-7H2,1-2H3;1-6H. The van der Waals surface area contributed by atoms with E-state index in [4.69, 9.17) is 0 Å². The van der Waals surface area contributed by atoms with Gasteiger partial charge < -0.3 is 0 Å². The van der Waals surface area contributed by atoms with Crippen molar-refractivity contribution >= 4 is 5.78 Å². The maximum Gasteiger partial charge on any atom is 0.132 e. The van der Waals surface area contributed by atoms with E-state index < -0.39 is 0 Å². The summed E-state index contributed by atoms with van der Waals surface area (Å²) in [6, 6.07) is 12.0. The van der Waals surface area contributed by atoms with Crippen molar-refractivity contribution < 1.29 is 4.79 Å². The normalized spacial score (nSPS) is 8.93. The molecule has 0 bridgehead atoms. The molecule has 0 aliphatic carbocycles. The zero-order chi connectivity index (χ0) is 11.4. The van der Waals surface area contributed by atoms with Crippen LogP contribution in [-0.4, -0.2) is 5.78 Å². The van der Waals surface area contributed by atoms with Crippen molar-refractivity contribution in [2.45, 2.75) is 46.0 Å². The summed E-state index contributed by atoms with van der Waals surface area (Å²) < 4.78 is 0. The van der Waals surface area contributed by atoms with Crippen LogP contribution < -0.4 is 0 Å². The van der Waals surface area contributed by atoms with Crippen LogP contribution in [0.2, 0.25) is 0 Å². The molecule has 1 aromatic carbocycles. The van der Waals surface area contributed by atoms with Gasteiger partial charge in [-0.25, -0.2) is 0 Å². The van der Waals surface area contributed by atoms with Crippen LogP contribution in [0.15, 0.2) is 36.4 Å². The number of hydrogen-bond donors (Lipinski definition) is 0. The molecule has 0 heterocycles. The molecule has 1 nitrogen and oxygen atoms in total. The largest absolute Gasteiger partial charge is 0.300 e. The second-order valence-corrected chi connectivity index (χ2v) is 3.50. The lowest BCUT2D eigenvalue weighted by Gasteiger charge is -1.93. The highest BCUT2D eigenvalue weighted by atomic mass is 16.1. The smallest absolute Gasteiger partial charge is 0.132 e. The molecule has 0 spiro atoms. The Balaban J connectivity index is 0.000000280. The maximum atomic E-state index is 10.7. The van der Waals surface area contributed by atoms with E-state index in [1.54, 1.807) is 0 Å². The molecular formula is C14H22O. The molecule has 1 heteroatoms. The molecule has 1 aromatic rings. The Morgan fingerprint density at radius 2 is 1.33 bits per heavy atom. The monoisotopic (exact) mass is 206 g/mol. The third-order valence-electron chi connectivity index (χ3n) is 2.12. The van der Waals surface area contributed by atoms with Gasteiger partial charge in [0.1, 0.15) is 5.78 Å². The summed E-state index contributed by atoms with van der Waals surface area (Å²) in [4.78, 5) is 10.7. The number of benzene rings is 1. The zero-order valence-corrected chi connectivity index (χ0v) is 9.91. The zero-order valence-electron chi connectivity index (χ0n) is 9.91. The highest BCUT2D eigenvalue weighted by Gasteiger charge is 1.95. The lowest BCUT2D eigenvalue weighted by Crippen LogP contribution is -1.93. The topological polar surface area (TPSA) is 17.1 Å². The first-order valence-corrected chi connectivity index (χ1v) is 5.83. The molecule has 0 amide bonds. The summed E-state index contributed by atoms with van der Waals surface area (Å²) in [6.07, 6.45) is 5.00. The quantitative estimate of drug-likeness (QED) is 0.659. The maximum absolute atomic E-state index is 10.7. The summed E-state index contributed by atoms with van der Waals surface area (Å²) in [5, 5.41) is 0. The molecule has 84 valence electrons. The Hall–Kier alpha value is -1.11. The van der Waals surface area contributed by atoms with E-state index in [2.05, 4.69) is 6.92 Å². The van der Waals surface area contributed by atoms with Crippen molar-refractivity contribution in [3.63, 3.8) is 0 Å². The number of carbonyl (C=O) groups is 1. The molecule has 0 N–H and O–H groups in total. The van der Waals surface area contributed by atoms with E-state index in [1.165, 1.54) is 12.8 Å². The molecule has 0 fully saturated rings. The molecule has 0 radical (unpaired) electrons. The van der Waals surface area contributed by atoms with Crippen LogP contribution in [0.5, 0.6) is 0 Å². The van der Waals surface area contributed by atoms with E-state index in [-0.39, 0.29) is 0 Å². The molecule has 0 aliphatic heterocycles. The van der Waals surface area contributed by atoms with Crippen LogP contribution >= 0.6 is 0 Å². The third kappa shape index (κ3) is 10.8. The van der Waals surface area contributed by atoms with Crippen LogP contribution in [0, 0.1) is 0 Å². The van der Waals surface area contributed by atoms with E-state index in [0.29, 0.717) is 12.2 Å². The van der Waals surface area contributed by atoms with Gasteiger partial charge in [-0.1, -0.05) is 63.1 Å². The van der Waals surface area contributed by atoms with Crippen LogP contribution in [0.4, 0.5) is 0 Å². The second kappa shape index (κ2) is 11.0. The Morgan fingerprint density at radius 3 is 1.67 bits per heavy atom. The number of rotatable bonds is 5. The summed E-state index contributed by atoms with van der Waals surface area (Å²) in [5.41, 5.74) is 0. The SMILES string of the molecule is CCCCCC(=O)CC.c1ccccc1. The Kier molecular flexibility index (Phi) is 10.2. The Morgan fingerprint density at radius 1 is 0.867 bits per heavy atom. The van der Waals surface area contributed by atoms with Gasteiger partial charge >= 0.3 is 0 Å². The first kappa shape index (κ1) is 13.9. The molecule has 0 saturated heterocycles. The number of unbranched alkanes of at least 4 members (excludes halogenated alkanes) is 2. The lowest BCUT2D eigenvalue weighted by atomic mass is 10.1. The van der Waals surface area contributed by atoms with Crippen LogP contribution in [0.1, 0.15) is 46.0 Å². The highest BCUT2D eigenvalue weighted by molar-refractivity contribution is 5.77. The van der Waals surface area contributed by atoms with Crippen LogP contribution in [-0.2, 0) is 4.79 Å². The Bertz CT molecular complexity index is 202. The molecule has 0 unspecified atom stereocenters. The minimum atomic E-state index is 0.406. The molecular weight excluding hydrogens is 184 g/mol. The minimum absolute atomic E-state index is 0.406. The fourth-order valence-electron chi connectivity index (χ4n) is 1.13. The third-order valence-corrected chi connectivity index (χ3v) is 2.12. The van der Waals surface area contributed by atoms with Crippen molar-refractivity contribution in [2.24, 2.45) is 0 Å². The van der Waals surface area contributed by atoms with Gasteiger partial charge in [0.05, 0.1) is 0 Å². The van der Waals surface area contributed by atoms with E-state index in [0.717, 1.165) is 12.8 Å². The predicted octanol–water partition coefficient (Wildman–Crippen LogP) is 4.23. The van der Waals surface area contributed by atoms with E-state index in [9.17, 15) is 4.79 Å². The van der Waals surface area contributed by atoms with Crippen molar-refractivity contribution in [2.75, 3.05) is 0 Å². The van der Waals surface area contributed by atoms with Gasteiger partial charge in [0.15, 0.2) is 0 Å². The van der Waals surface area contributed by atoms with Gasteiger partial charge in [0.2, 0.25) is 0 Å². The van der Waals surface area contributed by atoms with E-state index in [1.807, 2.05) is 43.3 Å². The molecule has 0 atom stereocenters. The van der Waals surface area contributed by atoms with Gasteiger partial charge in [-0.2, -0.15) is 0 Å². The highest BCUT2D eigenvalue weighted by Crippen LogP contribution is 2.00. The van der Waals surface area contributed by atoms with Crippen molar-refractivity contribution in [3.8, 4) is 0 Å². The van der Waals surface area contributed by atoms with Crippen LogP contribution in [0.25, 0.3) is 0 Å². The fourth-order valence-corrected chi connectivity index (χ4v) is 1.13. The van der Waals surface area contributed by atoms with Gasteiger partial charge in [-0.15, -0.1) is 0 Å². The molecule has 0 saturated carbocycles. The molecule has 15 heavy (non-hydrogen) atoms. The summed E-state index contributed by atoms with van der Waals surface area (Å²) in [7, 11) is 0. The van der Waals surface area contributed by atoms with Crippen molar-refractivity contribution in [3.05, 3.63) is 36.4 Å². The van der Waals surface area contributed by atoms with Gasteiger partial charge in [0.25, 0.3) is 0 Å².